The quantitative estimate of drug-likeness (QED) is 0.876. The summed E-state index contributed by atoms with van der Waals surface area (Å²) in [5.41, 5.74) is 0.800. The van der Waals surface area contributed by atoms with Crippen LogP contribution in [-0.4, -0.2) is 25.1 Å². The number of anilines is 1. The maximum Gasteiger partial charge on any atom is 0.228 e. The topological polar surface area (TPSA) is 50.4 Å². The van der Waals surface area contributed by atoms with Crippen LogP contribution in [0.5, 0.6) is 5.75 Å². The Hall–Kier alpha value is -1.55. The van der Waals surface area contributed by atoms with Gasteiger partial charge in [-0.1, -0.05) is 6.07 Å². The molecule has 1 unspecified atom stereocenters. The van der Waals surface area contributed by atoms with Gasteiger partial charge in [0, 0.05) is 18.3 Å². The van der Waals surface area contributed by atoms with Gasteiger partial charge in [-0.3, -0.25) is 4.79 Å². The van der Waals surface area contributed by atoms with Gasteiger partial charge < -0.3 is 15.4 Å². The summed E-state index contributed by atoms with van der Waals surface area (Å²) in [5, 5.41) is 6.22. The molecule has 1 heterocycles. The first-order chi connectivity index (χ1) is 9.15. The van der Waals surface area contributed by atoms with Crippen molar-refractivity contribution in [2.24, 2.45) is 5.92 Å². The molecule has 1 aromatic rings. The molecule has 19 heavy (non-hydrogen) atoms. The van der Waals surface area contributed by atoms with E-state index in [1.165, 1.54) is 0 Å². The molecule has 0 saturated carbocycles. The van der Waals surface area contributed by atoms with Gasteiger partial charge in [0.1, 0.15) is 5.75 Å². The maximum atomic E-state index is 12.1. The number of piperidine rings is 1. The van der Waals surface area contributed by atoms with Gasteiger partial charge >= 0.3 is 0 Å². The lowest BCUT2D eigenvalue weighted by molar-refractivity contribution is -0.120. The van der Waals surface area contributed by atoms with Gasteiger partial charge in [0.05, 0.1) is 12.0 Å². The van der Waals surface area contributed by atoms with Gasteiger partial charge in [-0.15, -0.1) is 0 Å². The molecule has 1 amide bonds. The second kappa shape index (κ2) is 6.57. The van der Waals surface area contributed by atoms with Gasteiger partial charge in [0.15, 0.2) is 0 Å². The summed E-state index contributed by atoms with van der Waals surface area (Å²) in [7, 11) is 0. The van der Waals surface area contributed by atoms with Crippen LogP contribution in [0.2, 0.25) is 0 Å². The minimum absolute atomic E-state index is 0.0726. The average Bonchev–Trinajstić information content (AvgIpc) is 2.39. The standard InChI is InChI=1S/C15H22N2O2/c1-11(2)19-14-7-3-6-13(9-14)17-15(18)12-5-4-8-16-10-12/h3,6-7,9,11-12,16H,4-5,8,10H2,1-2H3,(H,17,18). The number of hydrogen-bond acceptors (Lipinski definition) is 3. The minimum atomic E-state index is 0.0726. The predicted octanol–water partition coefficient (Wildman–Crippen LogP) is 2.41. The number of ether oxygens (including phenoxy) is 1. The molecule has 4 nitrogen and oxygen atoms in total. The summed E-state index contributed by atoms with van der Waals surface area (Å²) >= 11 is 0. The zero-order valence-electron chi connectivity index (χ0n) is 11.6. The highest BCUT2D eigenvalue weighted by atomic mass is 16.5. The van der Waals surface area contributed by atoms with E-state index in [4.69, 9.17) is 4.74 Å². The molecule has 1 atom stereocenters. The van der Waals surface area contributed by atoms with E-state index in [2.05, 4.69) is 10.6 Å². The number of carbonyl (C=O) groups is 1. The highest BCUT2D eigenvalue weighted by Crippen LogP contribution is 2.20. The molecule has 0 aromatic heterocycles. The number of carbonyl (C=O) groups excluding carboxylic acids is 1. The summed E-state index contributed by atoms with van der Waals surface area (Å²) < 4.78 is 5.62. The lowest BCUT2D eigenvalue weighted by Gasteiger charge is -2.22. The fourth-order valence-corrected chi connectivity index (χ4v) is 2.24. The molecular weight excluding hydrogens is 240 g/mol. The summed E-state index contributed by atoms with van der Waals surface area (Å²) in [5.74, 6) is 0.951. The van der Waals surface area contributed by atoms with Crippen molar-refractivity contribution >= 4 is 11.6 Å². The Morgan fingerprint density at radius 3 is 3.00 bits per heavy atom. The number of amides is 1. The number of hydrogen-bond donors (Lipinski definition) is 2. The third-order valence-electron chi connectivity index (χ3n) is 3.14. The van der Waals surface area contributed by atoms with Crippen LogP contribution >= 0.6 is 0 Å². The Labute approximate surface area is 114 Å². The van der Waals surface area contributed by atoms with Crippen molar-refractivity contribution in [3.05, 3.63) is 24.3 Å². The SMILES string of the molecule is CC(C)Oc1cccc(NC(=O)C2CCCNC2)c1. The molecular formula is C15H22N2O2. The molecule has 1 aliphatic rings. The second-order valence-electron chi connectivity index (χ2n) is 5.23. The minimum Gasteiger partial charge on any atom is -0.491 e. The molecule has 2 N–H and O–H groups in total. The lowest BCUT2D eigenvalue weighted by atomic mass is 9.99. The van der Waals surface area contributed by atoms with Gasteiger partial charge in [-0.2, -0.15) is 0 Å². The Kier molecular flexibility index (Phi) is 4.80. The van der Waals surface area contributed by atoms with E-state index in [0.717, 1.165) is 37.4 Å². The Balaban J connectivity index is 1.96. The van der Waals surface area contributed by atoms with Crippen molar-refractivity contribution in [2.45, 2.75) is 32.8 Å². The van der Waals surface area contributed by atoms with Crippen molar-refractivity contribution in [1.82, 2.24) is 5.32 Å². The van der Waals surface area contributed by atoms with Crippen molar-refractivity contribution in [2.75, 3.05) is 18.4 Å². The Morgan fingerprint density at radius 2 is 2.32 bits per heavy atom. The zero-order valence-corrected chi connectivity index (χ0v) is 11.6. The number of benzene rings is 1. The predicted molar refractivity (Wildman–Crippen MR) is 76.4 cm³/mol. The molecule has 0 aliphatic carbocycles. The van der Waals surface area contributed by atoms with E-state index in [1.807, 2.05) is 38.1 Å². The van der Waals surface area contributed by atoms with Crippen molar-refractivity contribution < 1.29 is 9.53 Å². The van der Waals surface area contributed by atoms with Crippen LogP contribution in [-0.2, 0) is 4.79 Å². The smallest absolute Gasteiger partial charge is 0.228 e. The second-order valence-corrected chi connectivity index (χ2v) is 5.23. The highest BCUT2D eigenvalue weighted by molar-refractivity contribution is 5.92. The highest BCUT2D eigenvalue weighted by Gasteiger charge is 2.20. The Bertz CT molecular complexity index is 426. The summed E-state index contributed by atoms with van der Waals surface area (Å²) in [4.78, 5) is 12.1. The molecule has 2 rings (SSSR count). The zero-order chi connectivity index (χ0) is 13.7. The molecule has 0 spiro atoms. The molecule has 0 bridgehead atoms. The van der Waals surface area contributed by atoms with Gasteiger partial charge in [-0.05, 0) is 45.4 Å². The average molecular weight is 262 g/mol. The van der Waals surface area contributed by atoms with Crippen molar-refractivity contribution in [3.63, 3.8) is 0 Å². The van der Waals surface area contributed by atoms with E-state index in [9.17, 15) is 4.79 Å². The first-order valence-corrected chi connectivity index (χ1v) is 6.93. The van der Waals surface area contributed by atoms with Crippen LogP contribution in [0.25, 0.3) is 0 Å². The van der Waals surface area contributed by atoms with E-state index in [0.29, 0.717) is 0 Å². The van der Waals surface area contributed by atoms with Crippen LogP contribution in [0.15, 0.2) is 24.3 Å². The normalized spacial score (nSPS) is 19.2. The van der Waals surface area contributed by atoms with Gasteiger partial charge in [-0.25, -0.2) is 0 Å². The molecule has 104 valence electrons. The van der Waals surface area contributed by atoms with E-state index in [-0.39, 0.29) is 17.9 Å². The molecule has 0 radical (unpaired) electrons. The maximum absolute atomic E-state index is 12.1. The third-order valence-corrected chi connectivity index (χ3v) is 3.14. The number of nitrogens with one attached hydrogen (secondary N) is 2. The lowest BCUT2D eigenvalue weighted by Crippen LogP contribution is -2.37. The van der Waals surface area contributed by atoms with E-state index in [1.54, 1.807) is 0 Å². The van der Waals surface area contributed by atoms with Gasteiger partial charge in [0.2, 0.25) is 5.91 Å². The Morgan fingerprint density at radius 1 is 1.47 bits per heavy atom. The van der Waals surface area contributed by atoms with Crippen LogP contribution in [0.3, 0.4) is 0 Å². The van der Waals surface area contributed by atoms with Crippen LogP contribution < -0.4 is 15.4 Å². The summed E-state index contributed by atoms with van der Waals surface area (Å²) in [6, 6.07) is 7.56. The van der Waals surface area contributed by atoms with Crippen LogP contribution in [0.4, 0.5) is 5.69 Å². The fourth-order valence-electron chi connectivity index (χ4n) is 2.24. The first kappa shape index (κ1) is 13.9. The van der Waals surface area contributed by atoms with E-state index >= 15 is 0 Å². The van der Waals surface area contributed by atoms with Crippen molar-refractivity contribution in [1.29, 1.82) is 0 Å². The largest absolute Gasteiger partial charge is 0.491 e. The monoisotopic (exact) mass is 262 g/mol. The van der Waals surface area contributed by atoms with Crippen LogP contribution in [0.1, 0.15) is 26.7 Å². The first-order valence-electron chi connectivity index (χ1n) is 6.93. The molecule has 1 aliphatic heterocycles. The molecule has 1 saturated heterocycles. The summed E-state index contributed by atoms with van der Waals surface area (Å²) in [6.07, 6.45) is 2.16. The van der Waals surface area contributed by atoms with E-state index < -0.39 is 0 Å². The fraction of sp³-hybridized carbons (Fsp3) is 0.533. The number of rotatable bonds is 4. The molecule has 4 heteroatoms. The molecule has 1 aromatic carbocycles. The van der Waals surface area contributed by atoms with Gasteiger partial charge in [0.25, 0.3) is 0 Å². The van der Waals surface area contributed by atoms with Crippen LogP contribution in [0, 0.1) is 5.92 Å². The molecule has 1 fully saturated rings. The third kappa shape index (κ3) is 4.24. The van der Waals surface area contributed by atoms with Crippen molar-refractivity contribution in [3.8, 4) is 5.75 Å². The summed E-state index contributed by atoms with van der Waals surface area (Å²) in [6.45, 7) is 5.76.